The van der Waals surface area contributed by atoms with Gasteiger partial charge in [0.25, 0.3) is 0 Å². The monoisotopic (exact) mass is 409 g/mol. The second kappa shape index (κ2) is 9.14. The van der Waals surface area contributed by atoms with Crippen LogP contribution < -0.4 is 16.2 Å². The highest BCUT2D eigenvalue weighted by molar-refractivity contribution is 5.92. The maximum absolute atomic E-state index is 13.6. The summed E-state index contributed by atoms with van der Waals surface area (Å²) in [5.41, 5.74) is 6.75. The van der Waals surface area contributed by atoms with Crippen molar-refractivity contribution in [2.45, 2.75) is 46.6 Å². The molecule has 3 rings (SSSR count). The number of imidazole rings is 1. The number of hydrogen-bond donors (Lipinski definition) is 1. The molecule has 0 unspecified atom stereocenters. The summed E-state index contributed by atoms with van der Waals surface area (Å²) in [4.78, 5) is 26.7. The van der Waals surface area contributed by atoms with Crippen LogP contribution in [-0.2, 0) is 6.54 Å². The number of nitrogens with two attached hydrogens (primary N) is 1. The van der Waals surface area contributed by atoms with Gasteiger partial charge in [0, 0.05) is 25.1 Å². The average molecular weight is 410 g/mol. The van der Waals surface area contributed by atoms with Crippen molar-refractivity contribution >= 4 is 29.3 Å². The zero-order valence-corrected chi connectivity index (χ0v) is 18.0. The summed E-state index contributed by atoms with van der Waals surface area (Å²) in [6.07, 6.45) is 3.03. The number of aromatic nitrogens is 2. The van der Waals surface area contributed by atoms with Crippen molar-refractivity contribution < 1.29 is 9.53 Å². The van der Waals surface area contributed by atoms with Crippen LogP contribution >= 0.6 is 12.4 Å². The summed E-state index contributed by atoms with van der Waals surface area (Å²) >= 11 is 0. The van der Waals surface area contributed by atoms with E-state index < -0.39 is 0 Å². The van der Waals surface area contributed by atoms with Gasteiger partial charge in [0.15, 0.2) is 0 Å². The van der Waals surface area contributed by atoms with Gasteiger partial charge in [-0.25, -0.2) is 9.36 Å². The first-order chi connectivity index (χ1) is 12.9. The first-order valence-electron chi connectivity index (χ1n) is 9.92. The van der Waals surface area contributed by atoms with E-state index in [0.29, 0.717) is 47.6 Å². The molecule has 1 aliphatic carbocycles. The van der Waals surface area contributed by atoms with Crippen LogP contribution in [0.2, 0.25) is 0 Å². The Kier molecular flexibility index (Phi) is 7.34. The van der Waals surface area contributed by atoms with Crippen LogP contribution in [0.1, 0.15) is 44.8 Å². The SMILES string of the molecule is COc1ccc2c(c1)n(CCN)c(=O)n2C(=O)[C@@H]1C[C@H](C)CC[C@H]1C(C)C.Cl. The first-order valence-corrected chi connectivity index (χ1v) is 9.92. The Morgan fingerprint density at radius 1 is 1.29 bits per heavy atom. The third-order valence-electron chi connectivity index (χ3n) is 6.05. The number of nitrogens with zero attached hydrogens (tertiary/aromatic N) is 2. The molecular formula is C21H32ClN3O3. The van der Waals surface area contributed by atoms with Crippen LogP contribution in [0.5, 0.6) is 5.75 Å². The van der Waals surface area contributed by atoms with E-state index in [1.807, 2.05) is 0 Å². The zero-order valence-electron chi connectivity index (χ0n) is 17.2. The number of hydrogen-bond acceptors (Lipinski definition) is 4. The highest BCUT2D eigenvalue weighted by atomic mass is 35.5. The summed E-state index contributed by atoms with van der Waals surface area (Å²) in [6, 6.07) is 5.40. The minimum atomic E-state index is -0.297. The van der Waals surface area contributed by atoms with Crippen molar-refractivity contribution in [3.05, 3.63) is 28.7 Å². The van der Waals surface area contributed by atoms with E-state index in [2.05, 4.69) is 20.8 Å². The lowest BCUT2D eigenvalue weighted by atomic mass is 9.69. The molecule has 1 aliphatic rings. The smallest absolute Gasteiger partial charge is 0.336 e. The predicted molar refractivity (Wildman–Crippen MR) is 115 cm³/mol. The lowest BCUT2D eigenvalue weighted by molar-refractivity contribution is 0.0633. The number of carbonyl (C=O) groups is 1. The number of fused-ring (bicyclic) bond motifs is 1. The lowest BCUT2D eigenvalue weighted by Gasteiger charge is -2.36. The fourth-order valence-electron chi connectivity index (χ4n) is 4.57. The molecule has 1 fully saturated rings. The molecule has 156 valence electrons. The topological polar surface area (TPSA) is 79.2 Å². The molecule has 0 spiro atoms. The Labute approximate surface area is 172 Å². The summed E-state index contributed by atoms with van der Waals surface area (Å²) < 4.78 is 8.27. The van der Waals surface area contributed by atoms with Crippen molar-refractivity contribution in [2.24, 2.45) is 29.4 Å². The van der Waals surface area contributed by atoms with Gasteiger partial charge >= 0.3 is 5.69 Å². The van der Waals surface area contributed by atoms with Gasteiger partial charge in [0.2, 0.25) is 5.91 Å². The van der Waals surface area contributed by atoms with Crippen LogP contribution in [0.15, 0.2) is 23.0 Å². The van der Waals surface area contributed by atoms with Gasteiger partial charge in [0.05, 0.1) is 18.1 Å². The highest BCUT2D eigenvalue weighted by Gasteiger charge is 2.37. The molecule has 0 radical (unpaired) electrons. The van der Waals surface area contributed by atoms with Gasteiger partial charge < -0.3 is 10.5 Å². The standard InChI is InChI=1S/C21H31N3O3.ClH/c1-13(2)16-7-5-14(3)11-17(16)20(25)24-18-8-6-15(27-4)12-19(18)23(10-9-22)21(24)26;/h6,8,12-14,16-17H,5,7,9-11,22H2,1-4H3;1H/t14-,16+,17-;/m1./s1. The predicted octanol–water partition coefficient (Wildman–Crippen LogP) is 3.54. The molecule has 0 amide bonds. The van der Waals surface area contributed by atoms with Crippen molar-refractivity contribution in [2.75, 3.05) is 13.7 Å². The number of rotatable bonds is 5. The number of benzene rings is 1. The van der Waals surface area contributed by atoms with Gasteiger partial charge in [-0.3, -0.25) is 9.36 Å². The number of halogens is 1. The quantitative estimate of drug-likeness (QED) is 0.819. The molecular weight excluding hydrogens is 378 g/mol. The van der Waals surface area contributed by atoms with Crippen LogP contribution in [0.4, 0.5) is 0 Å². The Morgan fingerprint density at radius 2 is 2.00 bits per heavy atom. The molecule has 0 bridgehead atoms. The second-order valence-electron chi connectivity index (χ2n) is 8.18. The Bertz CT molecular complexity index is 887. The van der Waals surface area contributed by atoms with E-state index in [-0.39, 0.29) is 29.9 Å². The summed E-state index contributed by atoms with van der Waals surface area (Å²) in [5, 5.41) is 0. The molecule has 1 saturated carbocycles. The van der Waals surface area contributed by atoms with E-state index in [9.17, 15) is 9.59 Å². The minimum absolute atomic E-state index is 0. The molecule has 1 aromatic carbocycles. The van der Waals surface area contributed by atoms with E-state index in [1.165, 1.54) is 4.57 Å². The first kappa shape index (κ1) is 22.5. The van der Waals surface area contributed by atoms with Crippen molar-refractivity contribution in [3.63, 3.8) is 0 Å². The van der Waals surface area contributed by atoms with Crippen LogP contribution in [0.25, 0.3) is 11.0 Å². The Balaban J connectivity index is 0.00000280. The van der Waals surface area contributed by atoms with E-state index >= 15 is 0 Å². The fourth-order valence-corrected chi connectivity index (χ4v) is 4.57. The van der Waals surface area contributed by atoms with Crippen molar-refractivity contribution in [1.82, 2.24) is 9.13 Å². The fraction of sp³-hybridized carbons (Fsp3) is 0.619. The van der Waals surface area contributed by atoms with E-state index in [0.717, 1.165) is 19.3 Å². The Morgan fingerprint density at radius 3 is 2.61 bits per heavy atom. The maximum Gasteiger partial charge on any atom is 0.336 e. The third-order valence-corrected chi connectivity index (χ3v) is 6.05. The third kappa shape index (κ3) is 3.98. The van der Waals surface area contributed by atoms with E-state index in [4.69, 9.17) is 10.5 Å². The average Bonchev–Trinajstić information content (AvgIpc) is 2.92. The molecule has 0 saturated heterocycles. The van der Waals surface area contributed by atoms with Crippen LogP contribution in [0, 0.1) is 23.7 Å². The molecule has 2 N–H and O–H groups in total. The van der Waals surface area contributed by atoms with Gasteiger partial charge in [0.1, 0.15) is 5.75 Å². The molecule has 6 nitrogen and oxygen atoms in total. The van der Waals surface area contributed by atoms with Crippen molar-refractivity contribution in [1.29, 1.82) is 0 Å². The van der Waals surface area contributed by atoms with Crippen molar-refractivity contribution in [3.8, 4) is 5.75 Å². The molecule has 0 aliphatic heterocycles. The second-order valence-corrected chi connectivity index (χ2v) is 8.18. The number of carbonyl (C=O) groups excluding carboxylic acids is 1. The molecule has 2 aromatic rings. The van der Waals surface area contributed by atoms with E-state index in [1.54, 1.807) is 29.9 Å². The summed E-state index contributed by atoms with van der Waals surface area (Å²) in [5.74, 6) is 1.69. The summed E-state index contributed by atoms with van der Waals surface area (Å²) in [6.45, 7) is 7.25. The molecule has 7 heteroatoms. The van der Waals surface area contributed by atoms with Gasteiger partial charge in [-0.05, 0) is 42.7 Å². The zero-order chi connectivity index (χ0) is 19.7. The normalized spacial score (nSPS) is 22.3. The Hall–Kier alpha value is -1.79. The van der Waals surface area contributed by atoms with Crippen LogP contribution in [0.3, 0.4) is 0 Å². The molecule has 1 heterocycles. The van der Waals surface area contributed by atoms with Gasteiger partial charge in [-0.1, -0.05) is 27.2 Å². The molecule has 1 aromatic heterocycles. The number of ether oxygens (including phenoxy) is 1. The number of methoxy groups -OCH3 is 1. The minimum Gasteiger partial charge on any atom is -0.497 e. The lowest BCUT2D eigenvalue weighted by Crippen LogP contribution is -2.40. The van der Waals surface area contributed by atoms with Gasteiger partial charge in [-0.15, -0.1) is 12.4 Å². The highest BCUT2D eigenvalue weighted by Crippen LogP contribution is 2.39. The largest absolute Gasteiger partial charge is 0.497 e. The van der Waals surface area contributed by atoms with Gasteiger partial charge in [-0.2, -0.15) is 0 Å². The van der Waals surface area contributed by atoms with Crippen LogP contribution in [-0.4, -0.2) is 28.7 Å². The summed E-state index contributed by atoms with van der Waals surface area (Å²) in [7, 11) is 1.59. The molecule has 28 heavy (non-hydrogen) atoms. The maximum atomic E-state index is 13.6. The molecule has 3 atom stereocenters.